The van der Waals surface area contributed by atoms with E-state index in [9.17, 15) is 9.90 Å². The lowest BCUT2D eigenvalue weighted by Gasteiger charge is -2.11. The van der Waals surface area contributed by atoms with Crippen LogP contribution >= 0.6 is 0 Å². The SMILES string of the molecule is O=C(OCCO)/C(Cc1ccccc1)=C(\O)OCCO. The van der Waals surface area contributed by atoms with Crippen molar-refractivity contribution in [1.29, 1.82) is 0 Å². The van der Waals surface area contributed by atoms with Gasteiger partial charge in [0.15, 0.2) is 0 Å². The Morgan fingerprint density at radius 2 is 1.60 bits per heavy atom. The van der Waals surface area contributed by atoms with Crippen LogP contribution in [-0.2, 0) is 20.7 Å². The van der Waals surface area contributed by atoms with E-state index in [2.05, 4.69) is 0 Å². The summed E-state index contributed by atoms with van der Waals surface area (Å²) in [5.41, 5.74) is 0.737. The highest BCUT2D eigenvalue weighted by Gasteiger charge is 2.19. The van der Waals surface area contributed by atoms with Gasteiger partial charge in [-0.3, -0.25) is 0 Å². The molecule has 0 bridgehead atoms. The number of hydrogen-bond acceptors (Lipinski definition) is 6. The number of aliphatic hydroxyl groups is 3. The fraction of sp³-hybridized carbons (Fsp3) is 0.357. The number of hydrogen-bond donors (Lipinski definition) is 3. The zero-order valence-electron chi connectivity index (χ0n) is 11.0. The van der Waals surface area contributed by atoms with Gasteiger partial charge in [0, 0.05) is 6.42 Å². The Kier molecular flexibility index (Phi) is 7.16. The summed E-state index contributed by atoms with van der Waals surface area (Å²) in [6.45, 7) is -0.876. The molecule has 0 heterocycles. The second-order valence-corrected chi connectivity index (χ2v) is 3.88. The Balaban J connectivity index is 2.86. The van der Waals surface area contributed by atoms with Crippen LogP contribution in [0.5, 0.6) is 0 Å². The number of aliphatic hydroxyl groups excluding tert-OH is 3. The van der Waals surface area contributed by atoms with E-state index in [1.54, 1.807) is 24.3 Å². The van der Waals surface area contributed by atoms with Crippen molar-refractivity contribution >= 4 is 5.97 Å². The molecule has 20 heavy (non-hydrogen) atoms. The topological polar surface area (TPSA) is 96.2 Å². The molecular formula is C14H18O6. The molecule has 0 amide bonds. The molecule has 0 atom stereocenters. The van der Waals surface area contributed by atoms with Crippen LogP contribution < -0.4 is 0 Å². The van der Waals surface area contributed by atoms with Crippen molar-refractivity contribution in [1.82, 2.24) is 0 Å². The van der Waals surface area contributed by atoms with Gasteiger partial charge in [-0.15, -0.1) is 0 Å². The van der Waals surface area contributed by atoms with E-state index in [1.807, 2.05) is 6.07 Å². The lowest BCUT2D eigenvalue weighted by Crippen LogP contribution is -2.16. The summed E-state index contributed by atoms with van der Waals surface area (Å²) < 4.78 is 9.63. The minimum absolute atomic E-state index is 0.0573. The summed E-state index contributed by atoms with van der Waals surface area (Å²) in [6, 6.07) is 9.02. The highest BCUT2D eigenvalue weighted by molar-refractivity contribution is 5.89. The highest BCUT2D eigenvalue weighted by atomic mass is 16.6. The van der Waals surface area contributed by atoms with Gasteiger partial charge in [-0.25, -0.2) is 4.79 Å². The molecule has 0 spiro atoms. The second-order valence-electron chi connectivity index (χ2n) is 3.88. The van der Waals surface area contributed by atoms with Gasteiger partial charge in [-0.1, -0.05) is 30.3 Å². The summed E-state index contributed by atoms with van der Waals surface area (Å²) in [7, 11) is 0. The summed E-state index contributed by atoms with van der Waals surface area (Å²) in [5, 5.41) is 27.1. The third-order valence-corrected chi connectivity index (χ3v) is 2.38. The first-order valence-electron chi connectivity index (χ1n) is 6.16. The minimum atomic E-state index is -0.765. The van der Waals surface area contributed by atoms with Gasteiger partial charge in [-0.05, 0) is 5.56 Å². The molecule has 0 aliphatic rings. The van der Waals surface area contributed by atoms with Gasteiger partial charge in [0.05, 0.1) is 13.2 Å². The maximum absolute atomic E-state index is 11.8. The fourth-order valence-electron chi connectivity index (χ4n) is 1.49. The average Bonchev–Trinajstić information content (AvgIpc) is 2.48. The number of carbonyl (C=O) groups is 1. The molecule has 0 unspecified atom stereocenters. The van der Waals surface area contributed by atoms with E-state index < -0.39 is 11.9 Å². The zero-order valence-corrected chi connectivity index (χ0v) is 11.0. The molecule has 0 aromatic heterocycles. The molecule has 0 aliphatic carbocycles. The van der Waals surface area contributed by atoms with Crippen LogP contribution in [0.15, 0.2) is 41.9 Å². The number of carbonyl (C=O) groups excluding carboxylic acids is 1. The highest BCUT2D eigenvalue weighted by Crippen LogP contribution is 2.14. The maximum atomic E-state index is 11.8. The average molecular weight is 282 g/mol. The normalized spacial score (nSPS) is 11.7. The third kappa shape index (κ3) is 5.29. The van der Waals surface area contributed by atoms with Crippen molar-refractivity contribution in [3.63, 3.8) is 0 Å². The standard InChI is InChI=1S/C14H18O6/c15-6-8-19-13(17)12(14(18)20-9-7-16)10-11-4-2-1-3-5-11/h1-5,15-17H,6-10H2/b13-12+. The van der Waals surface area contributed by atoms with Crippen molar-refractivity contribution in [2.45, 2.75) is 6.42 Å². The lowest BCUT2D eigenvalue weighted by molar-refractivity contribution is -0.140. The first-order chi connectivity index (χ1) is 9.69. The van der Waals surface area contributed by atoms with Crippen LogP contribution in [0.1, 0.15) is 5.56 Å². The van der Waals surface area contributed by atoms with E-state index in [0.29, 0.717) is 0 Å². The molecule has 6 nitrogen and oxygen atoms in total. The van der Waals surface area contributed by atoms with Gasteiger partial charge >= 0.3 is 5.97 Å². The van der Waals surface area contributed by atoms with Gasteiger partial charge in [0.25, 0.3) is 5.95 Å². The predicted molar refractivity (Wildman–Crippen MR) is 70.9 cm³/mol. The molecule has 6 heteroatoms. The van der Waals surface area contributed by atoms with Crippen LogP contribution in [0.3, 0.4) is 0 Å². The molecule has 1 rings (SSSR count). The minimum Gasteiger partial charge on any atom is -0.481 e. The molecule has 0 saturated heterocycles. The van der Waals surface area contributed by atoms with Crippen LogP contribution in [-0.4, -0.2) is 47.7 Å². The molecule has 0 saturated carbocycles. The molecular weight excluding hydrogens is 264 g/mol. The molecule has 0 radical (unpaired) electrons. The summed E-state index contributed by atoms with van der Waals surface area (Å²) >= 11 is 0. The Morgan fingerprint density at radius 3 is 2.20 bits per heavy atom. The molecule has 1 aromatic carbocycles. The van der Waals surface area contributed by atoms with Crippen LogP contribution in [0.25, 0.3) is 0 Å². The van der Waals surface area contributed by atoms with E-state index in [-0.39, 0.29) is 38.4 Å². The quantitative estimate of drug-likeness (QED) is 0.366. The van der Waals surface area contributed by atoms with Crippen LogP contribution in [0.2, 0.25) is 0 Å². The van der Waals surface area contributed by atoms with Crippen molar-refractivity contribution in [2.24, 2.45) is 0 Å². The lowest BCUT2D eigenvalue weighted by atomic mass is 10.1. The van der Waals surface area contributed by atoms with Crippen molar-refractivity contribution in [3.8, 4) is 0 Å². The first kappa shape index (κ1) is 16.0. The molecule has 0 aliphatic heterocycles. The first-order valence-corrected chi connectivity index (χ1v) is 6.16. The second kappa shape index (κ2) is 8.95. The van der Waals surface area contributed by atoms with E-state index >= 15 is 0 Å². The van der Waals surface area contributed by atoms with Crippen molar-refractivity contribution in [3.05, 3.63) is 47.4 Å². The number of ether oxygens (including phenoxy) is 2. The van der Waals surface area contributed by atoms with Crippen molar-refractivity contribution in [2.75, 3.05) is 26.4 Å². The largest absolute Gasteiger partial charge is 0.481 e. The van der Waals surface area contributed by atoms with Gasteiger partial charge in [0.2, 0.25) is 0 Å². The Bertz CT molecular complexity index is 440. The van der Waals surface area contributed by atoms with Crippen LogP contribution in [0.4, 0.5) is 0 Å². The Labute approximate surface area is 116 Å². The smallest absolute Gasteiger partial charge is 0.341 e. The third-order valence-electron chi connectivity index (χ3n) is 2.38. The van der Waals surface area contributed by atoms with E-state index in [4.69, 9.17) is 19.7 Å². The van der Waals surface area contributed by atoms with Crippen molar-refractivity contribution < 1.29 is 29.6 Å². The van der Waals surface area contributed by atoms with E-state index in [1.165, 1.54) is 0 Å². The fourth-order valence-corrected chi connectivity index (χ4v) is 1.49. The number of benzene rings is 1. The number of rotatable bonds is 8. The van der Waals surface area contributed by atoms with Gasteiger partial charge in [-0.2, -0.15) is 0 Å². The Morgan fingerprint density at radius 1 is 1.00 bits per heavy atom. The van der Waals surface area contributed by atoms with Crippen LogP contribution in [0, 0.1) is 0 Å². The monoisotopic (exact) mass is 282 g/mol. The zero-order chi connectivity index (χ0) is 14.8. The molecule has 110 valence electrons. The summed E-state index contributed by atoms with van der Waals surface area (Å²) in [4.78, 5) is 11.8. The predicted octanol–water partition coefficient (Wildman–Crippen LogP) is 0.543. The van der Waals surface area contributed by atoms with Gasteiger partial charge in [0.1, 0.15) is 18.8 Å². The Hall–Kier alpha value is -2.05. The van der Waals surface area contributed by atoms with E-state index in [0.717, 1.165) is 5.56 Å². The van der Waals surface area contributed by atoms with Gasteiger partial charge < -0.3 is 24.8 Å². The molecule has 0 fully saturated rings. The number of esters is 1. The summed E-state index contributed by atoms with van der Waals surface area (Å²) in [6.07, 6.45) is 0.127. The maximum Gasteiger partial charge on any atom is 0.341 e. The summed E-state index contributed by atoms with van der Waals surface area (Å²) in [5.74, 6) is -1.34. The molecule has 3 N–H and O–H groups in total. The molecule has 1 aromatic rings.